The molecule has 0 saturated carbocycles. The van der Waals surface area contributed by atoms with Crippen LogP contribution in [-0.4, -0.2) is 26.2 Å². The molecule has 0 aliphatic carbocycles. The molecule has 0 saturated heterocycles. The molecule has 0 aliphatic heterocycles. The molecule has 3 rings (SSSR count). The molecular formula is C16H13ClN4O2S2. The smallest absolute Gasteiger partial charge is 0.263 e. The van der Waals surface area contributed by atoms with Gasteiger partial charge in [0.2, 0.25) is 5.91 Å². The summed E-state index contributed by atoms with van der Waals surface area (Å²) in [4.78, 5) is 33.7. The minimum absolute atomic E-state index is 0.0890. The highest BCUT2D eigenvalue weighted by Crippen LogP contribution is 2.22. The number of carbonyl (C=O) groups excluding carboxylic acids is 1. The first-order valence-corrected chi connectivity index (χ1v) is 9.46. The van der Waals surface area contributed by atoms with Gasteiger partial charge in [0.15, 0.2) is 10.3 Å². The van der Waals surface area contributed by atoms with Gasteiger partial charge >= 0.3 is 0 Å². The van der Waals surface area contributed by atoms with Crippen molar-refractivity contribution in [2.24, 2.45) is 0 Å². The van der Waals surface area contributed by atoms with E-state index in [0.717, 1.165) is 0 Å². The van der Waals surface area contributed by atoms with Crippen molar-refractivity contribution in [1.82, 2.24) is 14.5 Å². The predicted molar refractivity (Wildman–Crippen MR) is 103 cm³/mol. The molecule has 3 aromatic rings. The summed E-state index contributed by atoms with van der Waals surface area (Å²) in [7, 11) is 0. The Hall–Kier alpha value is -2.16. The number of thiophene rings is 1. The molecule has 1 N–H and O–H groups in total. The Morgan fingerprint density at radius 1 is 1.48 bits per heavy atom. The molecule has 0 radical (unpaired) electrons. The van der Waals surface area contributed by atoms with Crippen LogP contribution in [0.15, 0.2) is 52.4 Å². The van der Waals surface area contributed by atoms with Gasteiger partial charge in [-0.3, -0.25) is 14.2 Å². The van der Waals surface area contributed by atoms with Crippen molar-refractivity contribution in [2.75, 3.05) is 11.1 Å². The minimum atomic E-state index is -0.259. The topological polar surface area (TPSA) is 76.9 Å². The van der Waals surface area contributed by atoms with Crippen LogP contribution in [0.4, 0.5) is 5.69 Å². The zero-order chi connectivity index (χ0) is 17.8. The van der Waals surface area contributed by atoms with Crippen LogP contribution in [0.25, 0.3) is 10.2 Å². The lowest BCUT2D eigenvalue weighted by Gasteiger charge is -2.10. The van der Waals surface area contributed by atoms with Crippen molar-refractivity contribution in [2.45, 2.75) is 11.7 Å². The van der Waals surface area contributed by atoms with Crippen LogP contribution < -0.4 is 10.9 Å². The first kappa shape index (κ1) is 17.7. The number of thioether (sulfide) groups is 1. The number of carbonyl (C=O) groups is 1. The molecule has 0 bridgehead atoms. The zero-order valence-corrected chi connectivity index (χ0v) is 15.3. The molecule has 1 amide bonds. The lowest BCUT2D eigenvalue weighted by atomic mass is 10.4. The third-order valence-electron chi connectivity index (χ3n) is 3.23. The third kappa shape index (κ3) is 3.92. The maximum Gasteiger partial charge on any atom is 0.263 e. The normalized spacial score (nSPS) is 10.8. The molecule has 0 aliphatic rings. The SMILES string of the molecule is C=CCn1c(SCC(=O)Nc2cccnc2Cl)nc2sccc2c1=O. The molecule has 0 atom stereocenters. The van der Waals surface area contributed by atoms with Gasteiger partial charge in [-0.2, -0.15) is 0 Å². The third-order valence-corrected chi connectivity index (χ3v) is 5.31. The van der Waals surface area contributed by atoms with E-state index in [1.165, 1.54) is 27.7 Å². The van der Waals surface area contributed by atoms with E-state index < -0.39 is 0 Å². The first-order chi connectivity index (χ1) is 12.1. The molecule has 6 nitrogen and oxygen atoms in total. The van der Waals surface area contributed by atoms with Crippen LogP contribution in [0.1, 0.15) is 0 Å². The van der Waals surface area contributed by atoms with Crippen molar-refractivity contribution < 1.29 is 4.79 Å². The van der Waals surface area contributed by atoms with Gasteiger partial charge in [-0.1, -0.05) is 29.4 Å². The van der Waals surface area contributed by atoms with Gasteiger partial charge in [0.05, 0.1) is 16.8 Å². The van der Waals surface area contributed by atoms with E-state index >= 15 is 0 Å². The second-order valence-corrected chi connectivity index (χ2v) is 7.11. The average molecular weight is 393 g/mol. The number of pyridine rings is 1. The fourth-order valence-corrected chi connectivity index (χ4v) is 3.91. The van der Waals surface area contributed by atoms with Crippen LogP contribution in [-0.2, 0) is 11.3 Å². The molecule has 0 spiro atoms. The van der Waals surface area contributed by atoms with Gasteiger partial charge in [-0.25, -0.2) is 9.97 Å². The molecule has 0 fully saturated rings. The molecule has 128 valence electrons. The zero-order valence-electron chi connectivity index (χ0n) is 12.9. The number of aromatic nitrogens is 3. The average Bonchev–Trinajstić information content (AvgIpc) is 3.07. The maximum absolute atomic E-state index is 12.5. The fraction of sp³-hybridized carbons (Fsp3) is 0.125. The van der Waals surface area contributed by atoms with Gasteiger partial charge in [0, 0.05) is 12.7 Å². The minimum Gasteiger partial charge on any atom is -0.323 e. The summed E-state index contributed by atoms with van der Waals surface area (Å²) in [6, 6.07) is 5.10. The highest BCUT2D eigenvalue weighted by atomic mass is 35.5. The van der Waals surface area contributed by atoms with Crippen LogP contribution >= 0.6 is 34.7 Å². The van der Waals surface area contributed by atoms with Gasteiger partial charge in [-0.05, 0) is 23.6 Å². The van der Waals surface area contributed by atoms with Crippen LogP contribution in [0.3, 0.4) is 0 Å². The Morgan fingerprint density at radius 3 is 3.08 bits per heavy atom. The van der Waals surface area contributed by atoms with E-state index in [2.05, 4.69) is 21.9 Å². The number of amides is 1. The van der Waals surface area contributed by atoms with Crippen molar-refractivity contribution in [3.8, 4) is 0 Å². The summed E-state index contributed by atoms with van der Waals surface area (Å²) in [5.41, 5.74) is 0.310. The first-order valence-electron chi connectivity index (χ1n) is 7.22. The largest absolute Gasteiger partial charge is 0.323 e. The highest BCUT2D eigenvalue weighted by Gasteiger charge is 2.14. The maximum atomic E-state index is 12.5. The van der Waals surface area contributed by atoms with E-state index in [1.54, 1.807) is 30.5 Å². The number of rotatable bonds is 6. The highest BCUT2D eigenvalue weighted by molar-refractivity contribution is 7.99. The second kappa shape index (κ2) is 7.81. The summed E-state index contributed by atoms with van der Waals surface area (Å²) >= 11 is 8.50. The summed E-state index contributed by atoms with van der Waals surface area (Å²) in [6.07, 6.45) is 3.17. The molecule has 25 heavy (non-hydrogen) atoms. The van der Waals surface area contributed by atoms with Gasteiger partial charge in [0.25, 0.3) is 5.56 Å². The Kier molecular flexibility index (Phi) is 5.52. The summed E-state index contributed by atoms with van der Waals surface area (Å²) < 4.78 is 1.51. The number of nitrogens with zero attached hydrogens (tertiary/aromatic N) is 3. The monoisotopic (exact) mass is 392 g/mol. The number of fused-ring (bicyclic) bond motifs is 1. The summed E-state index contributed by atoms with van der Waals surface area (Å²) in [5, 5.41) is 5.79. The van der Waals surface area contributed by atoms with Gasteiger partial charge in [0.1, 0.15) is 4.83 Å². The van der Waals surface area contributed by atoms with E-state index in [0.29, 0.717) is 27.6 Å². The van der Waals surface area contributed by atoms with Crippen LogP contribution in [0, 0.1) is 0 Å². The van der Waals surface area contributed by atoms with Gasteiger partial charge in [-0.15, -0.1) is 17.9 Å². The quantitative estimate of drug-likeness (QED) is 0.301. The second-order valence-electron chi connectivity index (χ2n) is 4.92. The molecule has 3 heterocycles. The lowest BCUT2D eigenvalue weighted by molar-refractivity contribution is -0.113. The number of hydrogen-bond acceptors (Lipinski definition) is 6. The Labute approximate surface area is 156 Å². The summed E-state index contributed by atoms with van der Waals surface area (Å²) in [5.74, 6) is -0.170. The Bertz CT molecular complexity index is 999. The molecule has 9 heteroatoms. The molecule has 0 unspecified atom stereocenters. The van der Waals surface area contributed by atoms with Crippen LogP contribution in [0.2, 0.25) is 5.15 Å². The number of hydrogen-bond donors (Lipinski definition) is 1. The Morgan fingerprint density at radius 2 is 2.32 bits per heavy atom. The molecule has 3 aromatic heterocycles. The van der Waals surface area contributed by atoms with E-state index in [9.17, 15) is 9.59 Å². The predicted octanol–water partition coefficient (Wildman–Crippen LogP) is 3.42. The summed E-state index contributed by atoms with van der Waals surface area (Å²) in [6.45, 7) is 4.00. The number of allylic oxidation sites excluding steroid dienone is 1. The number of anilines is 1. The van der Waals surface area contributed by atoms with Gasteiger partial charge < -0.3 is 5.32 Å². The van der Waals surface area contributed by atoms with Crippen molar-refractivity contribution >= 4 is 56.5 Å². The number of halogens is 1. The molecule has 0 aromatic carbocycles. The Balaban J connectivity index is 1.79. The van der Waals surface area contributed by atoms with Crippen molar-refractivity contribution in [3.63, 3.8) is 0 Å². The van der Waals surface area contributed by atoms with E-state index in [4.69, 9.17) is 11.6 Å². The van der Waals surface area contributed by atoms with E-state index in [1.807, 2.05) is 5.38 Å². The van der Waals surface area contributed by atoms with E-state index in [-0.39, 0.29) is 22.4 Å². The standard InChI is InChI=1S/C16H13ClN4O2S2/c1-2-7-21-15(23)10-5-8-24-14(10)20-16(21)25-9-12(22)19-11-4-3-6-18-13(11)17/h2-6,8H,1,7,9H2,(H,19,22). The van der Waals surface area contributed by atoms with Crippen molar-refractivity contribution in [1.29, 1.82) is 0 Å². The van der Waals surface area contributed by atoms with Crippen molar-refractivity contribution in [3.05, 3.63) is 57.9 Å². The number of nitrogens with one attached hydrogen (secondary N) is 1. The van der Waals surface area contributed by atoms with Crippen LogP contribution in [0.5, 0.6) is 0 Å². The molecular weight excluding hydrogens is 380 g/mol. The fourth-order valence-electron chi connectivity index (χ4n) is 2.13. The lowest BCUT2D eigenvalue weighted by Crippen LogP contribution is -2.23.